The molecule has 0 aromatic heterocycles. The minimum atomic E-state index is -0.138. The molecule has 1 fully saturated rings. The molecule has 0 aliphatic carbocycles. The van der Waals surface area contributed by atoms with Gasteiger partial charge in [-0.3, -0.25) is 4.90 Å². The van der Waals surface area contributed by atoms with Crippen LogP contribution in [0.5, 0.6) is 0 Å². The van der Waals surface area contributed by atoms with Crippen LogP contribution in [0.3, 0.4) is 0 Å². The van der Waals surface area contributed by atoms with Crippen LogP contribution in [-0.4, -0.2) is 36.1 Å². The number of piperazine rings is 1. The summed E-state index contributed by atoms with van der Waals surface area (Å²) in [6.45, 7) is 9.77. The zero-order chi connectivity index (χ0) is 13.2. The van der Waals surface area contributed by atoms with Gasteiger partial charge in [0.05, 0.1) is 0 Å². The van der Waals surface area contributed by atoms with E-state index >= 15 is 0 Å². The van der Waals surface area contributed by atoms with Crippen molar-refractivity contribution >= 4 is 0 Å². The summed E-state index contributed by atoms with van der Waals surface area (Å²) < 4.78 is 13.1. The van der Waals surface area contributed by atoms with Crippen LogP contribution in [0.25, 0.3) is 0 Å². The summed E-state index contributed by atoms with van der Waals surface area (Å²) in [7, 11) is 0. The van der Waals surface area contributed by atoms with Gasteiger partial charge in [0.25, 0.3) is 0 Å². The van der Waals surface area contributed by atoms with Crippen LogP contribution < -0.4 is 5.32 Å². The molecule has 1 aliphatic heterocycles. The summed E-state index contributed by atoms with van der Waals surface area (Å²) >= 11 is 0. The van der Waals surface area contributed by atoms with Crippen LogP contribution in [0.1, 0.15) is 26.3 Å². The molecule has 1 aromatic carbocycles. The third kappa shape index (κ3) is 3.53. The Kier molecular flexibility index (Phi) is 4.03. The van der Waals surface area contributed by atoms with Crippen molar-refractivity contribution in [2.45, 2.75) is 38.8 Å². The van der Waals surface area contributed by atoms with Crippen molar-refractivity contribution in [1.82, 2.24) is 10.2 Å². The van der Waals surface area contributed by atoms with Crippen molar-refractivity contribution in [3.63, 3.8) is 0 Å². The van der Waals surface area contributed by atoms with Gasteiger partial charge in [0.15, 0.2) is 0 Å². The molecule has 18 heavy (non-hydrogen) atoms. The van der Waals surface area contributed by atoms with Crippen LogP contribution in [0, 0.1) is 5.82 Å². The first-order valence-electron chi connectivity index (χ1n) is 6.70. The number of halogens is 1. The SMILES string of the molecule is CC1CNC(C)(C)CN1CCc1cccc(F)c1. The number of hydrogen-bond acceptors (Lipinski definition) is 2. The van der Waals surface area contributed by atoms with Crippen LogP contribution in [0.2, 0.25) is 0 Å². The highest BCUT2D eigenvalue weighted by Gasteiger charge is 2.29. The fourth-order valence-electron chi connectivity index (χ4n) is 2.54. The van der Waals surface area contributed by atoms with Crippen LogP contribution in [0.15, 0.2) is 24.3 Å². The molecule has 2 rings (SSSR count). The van der Waals surface area contributed by atoms with Crippen LogP contribution >= 0.6 is 0 Å². The first kappa shape index (κ1) is 13.5. The lowest BCUT2D eigenvalue weighted by Gasteiger charge is -2.43. The Morgan fingerprint density at radius 2 is 2.22 bits per heavy atom. The lowest BCUT2D eigenvalue weighted by Crippen LogP contribution is -2.60. The van der Waals surface area contributed by atoms with Gasteiger partial charge < -0.3 is 5.32 Å². The lowest BCUT2D eigenvalue weighted by atomic mass is 9.98. The number of nitrogens with one attached hydrogen (secondary N) is 1. The van der Waals surface area contributed by atoms with E-state index in [9.17, 15) is 4.39 Å². The summed E-state index contributed by atoms with van der Waals surface area (Å²) in [5.41, 5.74) is 1.26. The molecule has 1 aliphatic rings. The number of rotatable bonds is 3. The van der Waals surface area contributed by atoms with E-state index in [1.165, 1.54) is 6.07 Å². The molecule has 1 N–H and O–H groups in total. The predicted molar refractivity (Wildman–Crippen MR) is 73.2 cm³/mol. The van der Waals surface area contributed by atoms with Gasteiger partial charge in [0.1, 0.15) is 5.82 Å². The van der Waals surface area contributed by atoms with E-state index in [-0.39, 0.29) is 11.4 Å². The zero-order valence-electron chi connectivity index (χ0n) is 11.5. The summed E-state index contributed by atoms with van der Waals surface area (Å²) in [6, 6.07) is 7.47. The Hall–Kier alpha value is -0.930. The van der Waals surface area contributed by atoms with Gasteiger partial charge in [-0.2, -0.15) is 0 Å². The minimum Gasteiger partial charge on any atom is -0.309 e. The molecule has 1 heterocycles. The maximum absolute atomic E-state index is 13.1. The van der Waals surface area contributed by atoms with Gasteiger partial charge in [0, 0.05) is 31.2 Å². The molecule has 1 unspecified atom stereocenters. The first-order valence-corrected chi connectivity index (χ1v) is 6.70. The van der Waals surface area contributed by atoms with Crippen LogP contribution in [-0.2, 0) is 6.42 Å². The Balaban J connectivity index is 1.92. The van der Waals surface area contributed by atoms with E-state index in [1.807, 2.05) is 6.07 Å². The Morgan fingerprint density at radius 3 is 2.94 bits per heavy atom. The first-order chi connectivity index (χ1) is 8.46. The van der Waals surface area contributed by atoms with E-state index < -0.39 is 0 Å². The zero-order valence-corrected chi connectivity index (χ0v) is 11.5. The molecule has 2 nitrogen and oxygen atoms in total. The average molecular weight is 250 g/mol. The second-order valence-corrected chi connectivity index (χ2v) is 5.96. The third-order valence-electron chi connectivity index (χ3n) is 3.67. The second-order valence-electron chi connectivity index (χ2n) is 5.96. The standard InChI is InChI=1S/C15H23FN2/c1-12-10-17-15(2,3)11-18(12)8-7-13-5-4-6-14(16)9-13/h4-6,9,12,17H,7-8,10-11H2,1-3H3. The van der Waals surface area contributed by atoms with Crippen molar-refractivity contribution < 1.29 is 4.39 Å². The van der Waals surface area contributed by atoms with Gasteiger partial charge in [-0.05, 0) is 44.9 Å². The number of nitrogens with zero attached hydrogens (tertiary/aromatic N) is 1. The molecular weight excluding hydrogens is 227 g/mol. The molecule has 100 valence electrons. The minimum absolute atomic E-state index is 0.138. The van der Waals surface area contributed by atoms with Crippen molar-refractivity contribution in [3.8, 4) is 0 Å². The fraction of sp³-hybridized carbons (Fsp3) is 0.600. The Bertz CT molecular complexity index is 403. The topological polar surface area (TPSA) is 15.3 Å². The Morgan fingerprint density at radius 1 is 1.44 bits per heavy atom. The molecule has 1 atom stereocenters. The maximum Gasteiger partial charge on any atom is 0.123 e. The highest BCUT2D eigenvalue weighted by atomic mass is 19.1. The molecular formula is C15H23FN2. The van der Waals surface area contributed by atoms with Crippen molar-refractivity contribution in [2.75, 3.05) is 19.6 Å². The molecule has 1 aromatic rings. The van der Waals surface area contributed by atoms with Gasteiger partial charge in [0.2, 0.25) is 0 Å². The maximum atomic E-state index is 13.1. The Labute approximate surface area is 109 Å². The fourth-order valence-corrected chi connectivity index (χ4v) is 2.54. The molecule has 0 spiro atoms. The highest BCUT2D eigenvalue weighted by molar-refractivity contribution is 5.16. The molecule has 0 saturated carbocycles. The summed E-state index contributed by atoms with van der Waals surface area (Å²) in [4.78, 5) is 2.49. The van der Waals surface area contributed by atoms with Crippen molar-refractivity contribution in [3.05, 3.63) is 35.6 Å². The van der Waals surface area contributed by atoms with E-state index in [2.05, 4.69) is 31.0 Å². The molecule has 0 amide bonds. The number of hydrogen-bond donors (Lipinski definition) is 1. The number of benzene rings is 1. The van der Waals surface area contributed by atoms with E-state index in [0.29, 0.717) is 6.04 Å². The highest BCUT2D eigenvalue weighted by Crippen LogP contribution is 2.15. The van der Waals surface area contributed by atoms with Gasteiger partial charge in [-0.25, -0.2) is 4.39 Å². The van der Waals surface area contributed by atoms with Crippen molar-refractivity contribution in [1.29, 1.82) is 0 Å². The predicted octanol–water partition coefficient (Wildman–Crippen LogP) is 2.44. The monoisotopic (exact) mass is 250 g/mol. The van der Waals surface area contributed by atoms with Gasteiger partial charge in [-0.1, -0.05) is 12.1 Å². The van der Waals surface area contributed by atoms with Gasteiger partial charge in [-0.15, -0.1) is 0 Å². The summed E-state index contributed by atoms with van der Waals surface area (Å²) in [6.07, 6.45) is 0.915. The quantitative estimate of drug-likeness (QED) is 0.886. The second kappa shape index (κ2) is 5.37. The smallest absolute Gasteiger partial charge is 0.123 e. The summed E-state index contributed by atoms with van der Waals surface area (Å²) in [5.74, 6) is -0.138. The molecule has 3 heteroatoms. The summed E-state index contributed by atoms with van der Waals surface area (Å²) in [5, 5.41) is 3.54. The van der Waals surface area contributed by atoms with Crippen molar-refractivity contribution in [2.24, 2.45) is 0 Å². The largest absolute Gasteiger partial charge is 0.309 e. The third-order valence-corrected chi connectivity index (χ3v) is 3.67. The van der Waals surface area contributed by atoms with Gasteiger partial charge >= 0.3 is 0 Å². The average Bonchev–Trinajstić information content (AvgIpc) is 2.30. The van der Waals surface area contributed by atoms with E-state index in [1.54, 1.807) is 12.1 Å². The lowest BCUT2D eigenvalue weighted by molar-refractivity contribution is 0.106. The molecule has 0 bridgehead atoms. The normalized spacial score (nSPS) is 24.1. The van der Waals surface area contributed by atoms with Crippen LogP contribution in [0.4, 0.5) is 4.39 Å². The molecule has 0 radical (unpaired) electrons. The van der Waals surface area contributed by atoms with E-state index in [4.69, 9.17) is 0 Å². The van der Waals surface area contributed by atoms with E-state index in [0.717, 1.165) is 31.6 Å². The molecule has 1 saturated heterocycles.